The molecular weight excluding hydrogens is 326 g/mol. The minimum Gasteiger partial charge on any atom is -0.508 e. The van der Waals surface area contributed by atoms with E-state index in [4.69, 9.17) is 0 Å². The molecule has 0 radical (unpaired) electrons. The summed E-state index contributed by atoms with van der Waals surface area (Å²) >= 11 is 0. The van der Waals surface area contributed by atoms with E-state index in [1.807, 2.05) is 60.7 Å². The second kappa shape index (κ2) is 6.15. The Morgan fingerprint density at radius 3 is 1.88 bits per heavy atom. The van der Waals surface area contributed by atoms with Crippen LogP contribution in [0, 0.1) is 0 Å². The minimum absolute atomic E-state index is 0.0139. The summed E-state index contributed by atoms with van der Waals surface area (Å²) in [6.07, 6.45) is 0.0511. The summed E-state index contributed by atoms with van der Waals surface area (Å²) in [5.74, 6) is -0.571. The summed E-state index contributed by atoms with van der Waals surface area (Å²) in [4.78, 5) is 27.6. The molecule has 1 fully saturated rings. The van der Waals surface area contributed by atoms with E-state index in [2.05, 4.69) is 0 Å². The Bertz CT molecular complexity index is 927. The van der Waals surface area contributed by atoms with E-state index in [9.17, 15) is 14.7 Å². The molecule has 0 aromatic heterocycles. The van der Waals surface area contributed by atoms with Crippen LogP contribution in [-0.4, -0.2) is 16.9 Å². The molecule has 0 bridgehead atoms. The highest BCUT2D eigenvalue weighted by Crippen LogP contribution is 2.44. The second-order valence-corrected chi connectivity index (χ2v) is 6.37. The van der Waals surface area contributed by atoms with Crippen molar-refractivity contribution in [2.45, 2.75) is 11.8 Å². The largest absolute Gasteiger partial charge is 0.508 e. The van der Waals surface area contributed by atoms with Crippen LogP contribution in [0.1, 0.15) is 17.5 Å². The van der Waals surface area contributed by atoms with Gasteiger partial charge in [-0.05, 0) is 23.3 Å². The van der Waals surface area contributed by atoms with Crippen LogP contribution in [0.4, 0.5) is 5.69 Å². The lowest BCUT2D eigenvalue weighted by Crippen LogP contribution is -2.39. The molecule has 1 aliphatic rings. The van der Waals surface area contributed by atoms with E-state index in [1.165, 1.54) is 17.0 Å². The highest BCUT2D eigenvalue weighted by atomic mass is 16.3. The number of amides is 2. The smallest absolute Gasteiger partial charge is 0.249 e. The number of hydrogen-bond donors (Lipinski definition) is 1. The number of phenols is 1. The van der Waals surface area contributed by atoms with Crippen molar-refractivity contribution in [1.82, 2.24) is 0 Å². The Kier molecular flexibility index (Phi) is 3.81. The van der Waals surface area contributed by atoms with E-state index in [-0.39, 0.29) is 24.0 Å². The molecule has 3 aromatic carbocycles. The number of anilines is 1. The Hall–Kier alpha value is -3.40. The van der Waals surface area contributed by atoms with Gasteiger partial charge >= 0.3 is 0 Å². The SMILES string of the molecule is O=C1CC(c2ccccc2)(c2ccccc2)C(=O)N1c1cccc(O)c1. The van der Waals surface area contributed by atoms with E-state index < -0.39 is 5.41 Å². The van der Waals surface area contributed by atoms with Gasteiger partial charge in [0.25, 0.3) is 0 Å². The van der Waals surface area contributed by atoms with Crippen LogP contribution in [-0.2, 0) is 15.0 Å². The highest BCUT2D eigenvalue weighted by Gasteiger charge is 2.54. The molecule has 4 rings (SSSR count). The first-order chi connectivity index (χ1) is 12.6. The highest BCUT2D eigenvalue weighted by molar-refractivity contribution is 6.26. The van der Waals surface area contributed by atoms with Crippen LogP contribution in [0.5, 0.6) is 5.75 Å². The molecule has 3 aromatic rings. The van der Waals surface area contributed by atoms with Crippen molar-refractivity contribution in [2.24, 2.45) is 0 Å². The molecule has 1 N–H and O–H groups in total. The lowest BCUT2D eigenvalue weighted by molar-refractivity contribution is -0.122. The zero-order valence-corrected chi connectivity index (χ0v) is 14.0. The molecule has 0 atom stereocenters. The van der Waals surface area contributed by atoms with Gasteiger partial charge in [-0.15, -0.1) is 0 Å². The zero-order valence-electron chi connectivity index (χ0n) is 14.0. The quantitative estimate of drug-likeness (QED) is 0.739. The zero-order chi connectivity index (χ0) is 18.1. The van der Waals surface area contributed by atoms with Gasteiger partial charge in [0.1, 0.15) is 11.2 Å². The number of carbonyl (C=O) groups is 2. The predicted octanol–water partition coefficient (Wildman–Crippen LogP) is 3.64. The van der Waals surface area contributed by atoms with Gasteiger partial charge in [0.2, 0.25) is 11.8 Å². The normalized spacial score (nSPS) is 16.1. The molecule has 4 nitrogen and oxygen atoms in total. The number of phenolic OH excluding ortho intramolecular Hbond substituents is 1. The summed E-state index contributed by atoms with van der Waals surface area (Å²) < 4.78 is 0. The number of hydrogen-bond acceptors (Lipinski definition) is 3. The van der Waals surface area contributed by atoms with Crippen molar-refractivity contribution >= 4 is 17.5 Å². The van der Waals surface area contributed by atoms with Crippen molar-refractivity contribution < 1.29 is 14.7 Å². The summed E-state index contributed by atoms with van der Waals surface area (Å²) in [7, 11) is 0. The first kappa shape index (κ1) is 16.1. The van der Waals surface area contributed by atoms with E-state index in [1.54, 1.807) is 12.1 Å². The maximum absolute atomic E-state index is 13.6. The molecule has 26 heavy (non-hydrogen) atoms. The van der Waals surface area contributed by atoms with Crippen LogP contribution in [0.3, 0.4) is 0 Å². The number of aromatic hydroxyl groups is 1. The van der Waals surface area contributed by atoms with Crippen molar-refractivity contribution in [3.05, 3.63) is 96.1 Å². The average molecular weight is 343 g/mol. The van der Waals surface area contributed by atoms with Gasteiger partial charge in [0, 0.05) is 6.07 Å². The van der Waals surface area contributed by atoms with E-state index in [0.717, 1.165) is 11.1 Å². The van der Waals surface area contributed by atoms with Crippen LogP contribution in [0.2, 0.25) is 0 Å². The van der Waals surface area contributed by atoms with Gasteiger partial charge in [0.15, 0.2) is 0 Å². The minimum atomic E-state index is -1.06. The van der Waals surface area contributed by atoms with Crippen LogP contribution in [0.25, 0.3) is 0 Å². The molecule has 1 heterocycles. The molecular formula is C22H17NO3. The Morgan fingerprint density at radius 1 is 0.769 bits per heavy atom. The monoisotopic (exact) mass is 343 g/mol. The lowest BCUT2D eigenvalue weighted by Gasteiger charge is -2.28. The fraction of sp³-hybridized carbons (Fsp3) is 0.0909. The number of rotatable bonds is 3. The number of carbonyl (C=O) groups excluding carboxylic acids is 2. The van der Waals surface area contributed by atoms with Crippen LogP contribution >= 0.6 is 0 Å². The molecule has 1 aliphatic heterocycles. The number of benzene rings is 3. The third kappa shape index (κ3) is 2.39. The summed E-state index contributed by atoms with van der Waals surface area (Å²) in [6, 6.07) is 25.0. The Balaban J connectivity index is 1.91. The van der Waals surface area contributed by atoms with E-state index in [0.29, 0.717) is 5.69 Å². The topological polar surface area (TPSA) is 57.6 Å². The number of nitrogens with zero attached hydrogens (tertiary/aromatic N) is 1. The van der Waals surface area contributed by atoms with E-state index >= 15 is 0 Å². The van der Waals surface area contributed by atoms with Gasteiger partial charge < -0.3 is 5.11 Å². The summed E-state index contributed by atoms with van der Waals surface area (Å²) in [5, 5.41) is 9.76. The molecule has 0 spiro atoms. The first-order valence-electron chi connectivity index (χ1n) is 8.40. The van der Waals surface area contributed by atoms with Crippen LogP contribution < -0.4 is 4.90 Å². The molecule has 2 amide bonds. The third-order valence-corrected chi connectivity index (χ3v) is 4.86. The maximum Gasteiger partial charge on any atom is 0.249 e. The van der Waals surface area contributed by atoms with Gasteiger partial charge in [-0.1, -0.05) is 66.7 Å². The Morgan fingerprint density at radius 2 is 1.35 bits per heavy atom. The standard InChI is InChI=1S/C22H17NO3/c24-19-13-7-12-18(14-19)23-20(25)15-22(21(23)26,16-8-3-1-4-9-16)17-10-5-2-6-11-17/h1-14,24H,15H2. The summed E-state index contributed by atoms with van der Waals surface area (Å²) in [6.45, 7) is 0. The average Bonchev–Trinajstić information content (AvgIpc) is 2.94. The van der Waals surface area contributed by atoms with Crippen LogP contribution in [0.15, 0.2) is 84.9 Å². The van der Waals surface area contributed by atoms with Gasteiger partial charge in [0.05, 0.1) is 12.1 Å². The summed E-state index contributed by atoms with van der Waals surface area (Å²) in [5.41, 5.74) is 0.888. The number of imide groups is 1. The second-order valence-electron chi connectivity index (χ2n) is 6.37. The predicted molar refractivity (Wildman–Crippen MR) is 98.9 cm³/mol. The molecule has 1 saturated heterocycles. The molecule has 0 aliphatic carbocycles. The molecule has 128 valence electrons. The lowest BCUT2D eigenvalue weighted by atomic mass is 9.73. The van der Waals surface area contributed by atoms with Crippen molar-refractivity contribution in [1.29, 1.82) is 0 Å². The Labute approximate surface area is 151 Å². The fourth-order valence-corrected chi connectivity index (χ4v) is 3.64. The molecule has 0 unspecified atom stereocenters. The molecule has 4 heteroatoms. The van der Waals surface area contributed by atoms with Crippen molar-refractivity contribution in [3.63, 3.8) is 0 Å². The third-order valence-electron chi connectivity index (χ3n) is 4.86. The molecule has 0 saturated carbocycles. The van der Waals surface area contributed by atoms with Crippen molar-refractivity contribution in [3.8, 4) is 5.75 Å². The van der Waals surface area contributed by atoms with Gasteiger partial charge in [-0.25, -0.2) is 4.90 Å². The fourth-order valence-electron chi connectivity index (χ4n) is 3.64. The van der Waals surface area contributed by atoms with Gasteiger partial charge in [-0.3, -0.25) is 9.59 Å². The maximum atomic E-state index is 13.6. The van der Waals surface area contributed by atoms with Gasteiger partial charge in [-0.2, -0.15) is 0 Å². The van der Waals surface area contributed by atoms with Crippen molar-refractivity contribution in [2.75, 3.05) is 4.90 Å². The first-order valence-corrected chi connectivity index (χ1v) is 8.40.